The Bertz CT molecular complexity index is 684. The van der Waals surface area contributed by atoms with Crippen LogP contribution in [0.2, 0.25) is 13.1 Å². The second-order valence-electron chi connectivity index (χ2n) is 7.29. The van der Waals surface area contributed by atoms with Gasteiger partial charge in [-0.15, -0.1) is 0 Å². The maximum atomic E-state index is 10.7. The van der Waals surface area contributed by atoms with Gasteiger partial charge in [-0.3, -0.25) is 0 Å². The Hall–Kier alpha value is -1.45. The molecule has 123 valence electrons. The molecular formula is C20H27O2Si. The smallest absolute Gasteiger partial charge is 0.205 e. The lowest BCUT2D eigenvalue weighted by atomic mass is 9.85. The maximum absolute atomic E-state index is 10.7. The number of aryl methyl sites for hydroxylation is 1. The van der Waals surface area contributed by atoms with Crippen molar-refractivity contribution >= 4 is 26.1 Å². The average Bonchev–Trinajstić information content (AvgIpc) is 2.49. The van der Waals surface area contributed by atoms with E-state index in [4.69, 9.17) is 4.43 Å². The SMILES string of the molecule is C[Si](C)OCc1c(CCC=O)ccc2cc(C(C)(C)C)ccc12. The topological polar surface area (TPSA) is 26.3 Å². The summed E-state index contributed by atoms with van der Waals surface area (Å²) >= 11 is 0. The Morgan fingerprint density at radius 3 is 2.48 bits per heavy atom. The van der Waals surface area contributed by atoms with Gasteiger partial charge in [0.05, 0.1) is 6.61 Å². The molecule has 2 nitrogen and oxygen atoms in total. The van der Waals surface area contributed by atoms with Crippen LogP contribution >= 0.6 is 0 Å². The first kappa shape index (κ1) is 17.9. The van der Waals surface area contributed by atoms with Crippen molar-refractivity contribution in [3.63, 3.8) is 0 Å². The fraction of sp³-hybridized carbons (Fsp3) is 0.450. The number of hydrogen-bond acceptors (Lipinski definition) is 2. The van der Waals surface area contributed by atoms with Crippen LogP contribution in [0.1, 0.15) is 43.9 Å². The standard InChI is InChI=1S/C20H27O2Si/c1-20(2,3)17-10-11-18-16(13-17)9-8-15(7-6-12-21)19(18)14-22-23(4)5/h8-13H,6-7,14H2,1-5H3. The molecule has 0 unspecified atom stereocenters. The normalized spacial score (nSPS) is 12.1. The molecule has 2 aromatic carbocycles. The van der Waals surface area contributed by atoms with Gasteiger partial charge in [-0.1, -0.05) is 51.1 Å². The first-order valence-electron chi connectivity index (χ1n) is 8.24. The lowest BCUT2D eigenvalue weighted by Gasteiger charge is -2.21. The number of carbonyl (C=O) groups excluding carboxylic acids is 1. The molecule has 0 N–H and O–H groups in total. The molecule has 1 radical (unpaired) electrons. The lowest BCUT2D eigenvalue weighted by molar-refractivity contribution is -0.107. The highest BCUT2D eigenvalue weighted by atomic mass is 28.3. The minimum atomic E-state index is -0.737. The number of hydrogen-bond donors (Lipinski definition) is 0. The quantitative estimate of drug-likeness (QED) is 0.549. The van der Waals surface area contributed by atoms with Crippen LogP contribution in [0, 0.1) is 0 Å². The molecule has 0 atom stereocenters. The summed E-state index contributed by atoms with van der Waals surface area (Å²) in [6, 6.07) is 11.1. The first-order chi connectivity index (χ1) is 10.8. The molecule has 0 aliphatic carbocycles. The van der Waals surface area contributed by atoms with Gasteiger partial charge in [0.15, 0.2) is 0 Å². The van der Waals surface area contributed by atoms with Crippen LogP contribution in [0.25, 0.3) is 10.8 Å². The summed E-state index contributed by atoms with van der Waals surface area (Å²) in [6.45, 7) is 11.7. The molecular weight excluding hydrogens is 300 g/mol. The van der Waals surface area contributed by atoms with E-state index in [0.29, 0.717) is 13.0 Å². The molecule has 0 saturated heterocycles. The summed E-state index contributed by atoms with van der Waals surface area (Å²) in [6.07, 6.45) is 2.34. The zero-order valence-electron chi connectivity index (χ0n) is 14.9. The van der Waals surface area contributed by atoms with Crippen molar-refractivity contribution in [1.82, 2.24) is 0 Å². The Labute approximate surface area is 141 Å². The molecule has 23 heavy (non-hydrogen) atoms. The van der Waals surface area contributed by atoms with E-state index >= 15 is 0 Å². The van der Waals surface area contributed by atoms with E-state index in [1.54, 1.807) is 0 Å². The maximum Gasteiger partial charge on any atom is 0.205 e. The van der Waals surface area contributed by atoms with E-state index in [9.17, 15) is 4.79 Å². The van der Waals surface area contributed by atoms with Gasteiger partial charge >= 0.3 is 0 Å². The lowest BCUT2D eigenvalue weighted by Crippen LogP contribution is -2.11. The van der Waals surface area contributed by atoms with Crippen LogP contribution in [0.15, 0.2) is 30.3 Å². The van der Waals surface area contributed by atoms with Crippen molar-refractivity contribution in [3.8, 4) is 0 Å². The van der Waals surface area contributed by atoms with Gasteiger partial charge in [-0.2, -0.15) is 0 Å². The van der Waals surface area contributed by atoms with E-state index in [1.165, 1.54) is 27.5 Å². The summed E-state index contributed by atoms with van der Waals surface area (Å²) < 4.78 is 5.97. The Morgan fingerprint density at radius 1 is 1.13 bits per heavy atom. The first-order valence-corrected chi connectivity index (χ1v) is 10.7. The highest BCUT2D eigenvalue weighted by Gasteiger charge is 2.15. The highest BCUT2D eigenvalue weighted by Crippen LogP contribution is 2.30. The summed E-state index contributed by atoms with van der Waals surface area (Å²) in [5.41, 5.74) is 3.96. The number of rotatable bonds is 6. The van der Waals surface area contributed by atoms with Crippen LogP contribution in [-0.2, 0) is 27.7 Å². The van der Waals surface area contributed by atoms with Crippen molar-refractivity contribution < 1.29 is 9.22 Å². The van der Waals surface area contributed by atoms with Gasteiger partial charge < -0.3 is 9.22 Å². The van der Waals surface area contributed by atoms with Crippen molar-refractivity contribution in [1.29, 1.82) is 0 Å². The van der Waals surface area contributed by atoms with Gasteiger partial charge in [0.1, 0.15) is 6.29 Å². The summed E-state index contributed by atoms with van der Waals surface area (Å²) in [7, 11) is -0.737. The molecule has 0 amide bonds. The molecule has 2 rings (SSSR count). The van der Waals surface area contributed by atoms with Crippen molar-refractivity contribution in [2.75, 3.05) is 0 Å². The third-order valence-corrected chi connectivity index (χ3v) is 4.85. The predicted molar refractivity (Wildman–Crippen MR) is 99.3 cm³/mol. The number of carbonyl (C=O) groups is 1. The molecule has 0 aliphatic rings. The Balaban J connectivity index is 2.51. The molecule has 0 bridgehead atoms. The van der Waals surface area contributed by atoms with E-state index in [0.717, 1.165) is 12.7 Å². The van der Waals surface area contributed by atoms with Crippen molar-refractivity contribution in [2.24, 2.45) is 0 Å². The largest absolute Gasteiger partial charge is 0.413 e. The molecule has 2 aromatic rings. The number of aldehydes is 1. The van der Waals surface area contributed by atoms with Gasteiger partial charge in [0, 0.05) is 6.42 Å². The number of benzene rings is 2. The Kier molecular flexibility index (Phi) is 5.77. The Morgan fingerprint density at radius 2 is 1.87 bits per heavy atom. The molecule has 0 aliphatic heterocycles. The fourth-order valence-corrected chi connectivity index (χ4v) is 3.17. The molecule has 3 heteroatoms. The minimum absolute atomic E-state index is 0.143. The number of fused-ring (bicyclic) bond motifs is 1. The third-order valence-electron chi connectivity index (χ3n) is 4.13. The predicted octanol–water partition coefficient (Wildman–Crippen LogP) is 5.04. The third kappa shape index (κ3) is 4.52. The van der Waals surface area contributed by atoms with Gasteiger partial charge in [0.25, 0.3) is 0 Å². The van der Waals surface area contributed by atoms with Crippen molar-refractivity contribution in [3.05, 3.63) is 47.0 Å². The summed E-state index contributed by atoms with van der Waals surface area (Å²) in [5, 5.41) is 2.51. The van der Waals surface area contributed by atoms with E-state index < -0.39 is 9.04 Å². The van der Waals surface area contributed by atoms with Crippen LogP contribution in [0.4, 0.5) is 0 Å². The van der Waals surface area contributed by atoms with Crippen LogP contribution < -0.4 is 0 Å². The second-order valence-corrected chi connectivity index (χ2v) is 9.40. The van der Waals surface area contributed by atoms with Gasteiger partial charge in [0.2, 0.25) is 9.04 Å². The van der Waals surface area contributed by atoms with Crippen LogP contribution in [0.5, 0.6) is 0 Å². The van der Waals surface area contributed by atoms with E-state index in [1.807, 2.05) is 0 Å². The van der Waals surface area contributed by atoms with Crippen LogP contribution in [-0.4, -0.2) is 15.3 Å². The molecule has 0 spiro atoms. The highest BCUT2D eigenvalue weighted by molar-refractivity contribution is 6.48. The van der Waals surface area contributed by atoms with Crippen molar-refractivity contribution in [2.45, 2.75) is 58.7 Å². The van der Waals surface area contributed by atoms with Gasteiger partial charge in [-0.25, -0.2) is 0 Å². The van der Waals surface area contributed by atoms with E-state index in [2.05, 4.69) is 64.2 Å². The van der Waals surface area contributed by atoms with Crippen LogP contribution in [0.3, 0.4) is 0 Å². The molecule has 0 saturated carbocycles. The van der Waals surface area contributed by atoms with E-state index in [-0.39, 0.29) is 5.41 Å². The zero-order valence-corrected chi connectivity index (χ0v) is 15.9. The monoisotopic (exact) mass is 327 g/mol. The van der Waals surface area contributed by atoms with Gasteiger partial charge in [-0.05, 0) is 52.4 Å². The summed E-state index contributed by atoms with van der Waals surface area (Å²) in [5.74, 6) is 0. The molecule has 0 heterocycles. The molecule has 0 aromatic heterocycles. The summed E-state index contributed by atoms with van der Waals surface area (Å²) in [4.78, 5) is 10.7. The fourth-order valence-electron chi connectivity index (χ4n) is 2.74. The minimum Gasteiger partial charge on any atom is -0.413 e. The average molecular weight is 328 g/mol. The second kappa shape index (κ2) is 7.41. The zero-order chi connectivity index (χ0) is 17.0. The molecule has 0 fully saturated rings.